The number of hydrogen-bond acceptors (Lipinski definition) is 3. The van der Waals surface area contributed by atoms with E-state index in [1.807, 2.05) is 61.5 Å². The number of fused-ring (bicyclic) bond motifs is 1. The third-order valence-electron chi connectivity index (χ3n) is 5.25. The third kappa shape index (κ3) is 5.06. The van der Waals surface area contributed by atoms with E-state index in [0.717, 1.165) is 10.5 Å². The molecule has 1 aliphatic heterocycles. The van der Waals surface area contributed by atoms with E-state index in [2.05, 4.69) is 29.7 Å². The molecule has 0 fully saturated rings. The van der Waals surface area contributed by atoms with Gasteiger partial charge in [0.05, 0.1) is 10.6 Å². The second-order valence-corrected chi connectivity index (χ2v) is 8.79. The van der Waals surface area contributed by atoms with Gasteiger partial charge in [0, 0.05) is 17.0 Å². The monoisotopic (exact) mass is 428 g/mol. The minimum Gasteiger partial charge on any atom is -0.351 e. The summed E-state index contributed by atoms with van der Waals surface area (Å²) in [6, 6.07) is 23.6. The van der Waals surface area contributed by atoms with Crippen molar-refractivity contribution in [2.24, 2.45) is 0 Å². The Morgan fingerprint density at radius 2 is 1.81 bits per heavy atom. The van der Waals surface area contributed by atoms with Crippen LogP contribution in [0.25, 0.3) is 6.08 Å². The normalized spacial score (nSPS) is 15.2. The number of carbonyl (C=O) groups excluding carboxylic acids is 2. The molecule has 0 bridgehead atoms. The van der Waals surface area contributed by atoms with Crippen molar-refractivity contribution in [3.63, 3.8) is 0 Å². The molecular formula is C26H24N2O2S. The molecule has 1 heterocycles. The largest absolute Gasteiger partial charge is 0.351 e. The Hall–Kier alpha value is -3.31. The van der Waals surface area contributed by atoms with Gasteiger partial charge in [-0.2, -0.15) is 0 Å². The molecule has 4 nitrogen and oxygen atoms in total. The van der Waals surface area contributed by atoms with Gasteiger partial charge in [-0.05, 0) is 48.2 Å². The van der Waals surface area contributed by atoms with Crippen molar-refractivity contribution in [2.45, 2.75) is 24.7 Å². The number of rotatable bonds is 5. The molecule has 0 aliphatic carbocycles. The summed E-state index contributed by atoms with van der Waals surface area (Å²) in [5.74, 6) is -0.0911. The lowest BCUT2D eigenvalue weighted by Gasteiger charge is -2.20. The Balaban J connectivity index is 1.44. The van der Waals surface area contributed by atoms with Crippen LogP contribution in [0.15, 0.2) is 82.6 Å². The molecule has 0 radical (unpaired) electrons. The number of thioether (sulfide) groups is 1. The second kappa shape index (κ2) is 9.23. The van der Waals surface area contributed by atoms with Crippen molar-refractivity contribution in [1.29, 1.82) is 0 Å². The maximum atomic E-state index is 12.6. The number of carbonyl (C=O) groups is 2. The molecule has 31 heavy (non-hydrogen) atoms. The summed E-state index contributed by atoms with van der Waals surface area (Å²) < 4.78 is 0. The maximum absolute atomic E-state index is 12.6. The summed E-state index contributed by atoms with van der Waals surface area (Å²) in [6.07, 6.45) is 1.88. The predicted octanol–water partition coefficient (Wildman–Crippen LogP) is 5.61. The Morgan fingerprint density at radius 1 is 1.06 bits per heavy atom. The van der Waals surface area contributed by atoms with E-state index in [1.165, 1.54) is 22.9 Å². The lowest BCUT2D eigenvalue weighted by atomic mass is 10.0. The number of amides is 2. The maximum Gasteiger partial charge on any atom is 0.262 e. The highest BCUT2D eigenvalue weighted by Gasteiger charge is 2.22. The first-order valence-electron chi connectivity index (χ1n) is 10.2. The van der Waals surface area contributed by atoms with Gasteiger partial charge >= 0.3 is 0 Å². The van der Waals surface area contributed by atoms with Crippen LogP contribution >= 0.6 is 11.8 Å². The topological polar surface area (TPSA) is 58.2 Å². The van der Waals surface area contributed by atoms with Gasteiger partial charge in [0.25, 0.3) is 11.8 Å². The van der Waals surface area contributed by atoms with Crippen LogP contribution in [0.2, 0.25) is 0 Å². The molecule has 2 N–H and O–H groups in total. The molecule has 156 valence electrons. The second-order valence-electron chi connectivity index (χ2n) is 7.71. The molecule has 1 atom stereocenters. The van der Waals surface area contributed by atoms with Crippen molar-refractivity contribution in [2.75, 3.05) is 11.9 Å². The summed E-state index contributed by atoms with van der Waals surface area (Å²) in [5.41, 5.74) is 4.54. The number of aryl methyl sites for hydroxylation is 1. The van der Waals surface area contributed by atoms with Gasteiger partial charge in [0.15, 0.2) is 0 Å². The Morgan fingerprint density at radius 3 is 2.55 bits per heavy atom. The van der Waals surface area contributed by atoms with E-state index < -0.39 is 0 Å². The fourth-order valence-electron chi connectivity index (χ4n) is 3.36. The first-order valence-corrected chi connectivity index (χ1v) is 11.1. The molecule has 4 rings (SSSR count). The lowest BCUT2D eigenvalue weighted by Crippen LogP contribution is -2.28. The molecule has 0 saturated carbocycles. The fraction of sp³-hybridized carbons (Fsp3) is 0.154. The Labute approximate surface area is 186 Å². The predicted molar refractivity (Wildman–Crippen MR) is 127 cm³/mol. The van der Waals surface area contributed by atoms with Crippen LogP contribution in [0.1, 0.15) is 39.9 Å². The first kappa shape index (κ1) is 20.9. The molecule has 1 unspecified atom stereocenters. The number of nitrogens with one attached hydrogen (secondary N) is 2. The quantitative estimate of drug-likeness (QED) is 0.519. The van der Waals surface area contributed by atoms with E-state index in [-0.39, 0.29) is 17.7 Å². The summed E-state index contributed by atoms with van der Waals surface area (Å²) in [6.45, 7) is 4.66. The molecule has 0 spiro atoms. The molecule has 2 amide bonds. The SMILES string of the molecule is Cc1ccc(/C=C2/Sc3ccc(C(=O)NCC(C)c4ccccc4)cc3NC2=O)cc1. The van der Waals surface area contributed by atoms with E-state index in [4.69, 9.17) is 0 Å². The standard InChI is InChI=1S/C26H24N2O2S/c1-17-8-10-19(11-9-17)14-24-26(30)28-22-15-21(12-13-23(22)31-24)25(29)27-16-18(2)20-6-4-3-5-7-20/h3-15,18H,16H2,1-2H3,(H,27,29)(H,28,30)/b24-14+. The average molecular weight is 429 g/mol. The highest BCUT2D eigenvalue weighted by Crippen LogP contribution is 2.39. The van der Waals surface area contributed by atoms with Crippen molar-refractivity contribution in [1.82, 2.24) is 5.32 Å². The molecular weight excluding hydrogens is 404 g/mol. The highest BCUT2D eigenvalue weighted by atomic mass is 32.2. The minimum absolute atomic E-state index is 0.147. The number of anilines is 1. The van der Waals surface area contributed by atoms with Gasteiger partial charge in [-0.1, -0.05) is 78.8 Å². The smallest absolute Gasteiger partial charge is 0.262 e. The van der Waals surface area contributed by atoms with Crippen molar-refractivity contribution in [3.05, 3.63) is 100.0 Å². The van der Waals surface area contributed by atoms with E-state index >= 15 is 0 Å². The van der Waals surface area contributed by atoms with E-state index in [0.29, 0.717) is 22.7 Å². The summed E-state index contributed by atoms with van der Waals surface area (Å²) >= 11 is 1.42. The average Bonchev–Trinajstić information content (AvgIpc) is 2.79. The van der Waals surface area contributed by atoms with Crippen molar-refractivity contribution in [3.8, 4) is 0 Å². The number of hydrogen-bond donors (Lipinski definition) is 2. The summed E-state index contributed by atoms with van der Waals surface area (Å²) in [4.78, 5) is 26.8. The van der Waals surface area contributed by atoms with Crippen LogP contribution in [-0.2, 0) is 4.79 Å². The summed E-state index contributed by atoms with van der Waals surface area (Å²) in [5, 5.41) is 5.91. The van der Waals surface area contributed by atoms with Gasteiger partial charge in [-0.3, -0.25) is 9.59 Å². The van der Waals surface area contributed by atoms with Gasteiger partial charge in [-0.25, -0.2) is 0 Å². The van der Waals surface area contributed by atoms with Gasteiger partial charge < -0.3 is 10.6 Å². The van der Waals surface area contributed by atoms with Crippen LogP contribution in [0.5, 0.6) is 0 Å². The van der Waals surface area contributed by atoms with Crippen LogP contribution in [0.3, 0.4) is 0 Å². The van der Waals surface area contributed by atoms with Gasteiger partial charge in [-0.15, -0.1) is 0 Å². The van der Waals surface area contributed by atoms with Crippen LogP contribution in [0, 0.1) is 6.92 Å². The third-order valence-corrected chi connectivity index (χ3v) is 6.35. The van der Waals surface area contributed by atoms with Gasteiger partial charge in [0.2, 0.25) is 0 Å². The van der Waals surface area contributed by atoms with Gasteiger partial charge in [0.1, 0.15) is 0 Å². The molecule has 0 aromatic heterocycles. The minimum atomic E-state index is -0.159. The molecule has 1 aliphatic rings. The molecule has 3 aromatic carbocycles. The van der Waals surface area contributed by atoms with Crippen molar-refractivity contribution >= 4 is 35.3 Å². The number of benzene rings is 3. The molecule has 5 heteroatoms. The zero-order chi connectivity index (χ0) is 21.8. The first-order chi connectivity index (χ1) is 15.0. The highest BCUT2D eigenvalue weighted by molar-refractivity contribution is 8.04. The lowest BCUT2D eigenvalue weighted by molar-refractivity contribution is -0.112. The Bertz CT molecular complexity index is 1140. The summed E-state index contributed by atoms with van der Waals surface area (Å²) in [7, 11) is 0. The zero-order valence-electron chi connectivity index (χ0n) is 17.5. The molecule has 0 saturated heterocycles. The zero-order valence-corrected chi connectivity index (χ0v) is 18.3. The fourth-order valence-corrected chi connectivity index (χ4v) is 4.29. The molecule has 3 aromatic rings. The Kier molecular flexibility index (Phi) is 6.23. The van der Waals surface area contributed by atoms with Crippen molar-refractivity contribution < 1.29 is 9.59 Å². The van der Waals surface area contributed by atoms with Crippen LogP contribution in [0.4, 0.5) is 5.69 Å². The van der Waals surface area contributed by atoms with E-state index in [9.17, 15) is 9.59 Å². The van der Waals surface area contributed by atoms with E-state index in [1.54, 1.807) is 12.1 Å². The van der Waals surface area contributed by atoms with Crippen LogP contribution < -0.4 is 10.6 Å². The van der Waals surface area contributed by atoms with Crippen LogP contribution in [-0.4, -0.2) is 18.4 Å².